The Morgan fingerprint density at radius 2 is 2.17 bits per heavy atom. The van der Waals surface area contributed by atoms with E-state index in [-0.39, 0.29) is 18.7 Å². The monoisotopic (exact) mass is 245 g/mol. The number of nitrogens with two attached hydrogens (primary N) is 1. The quantitative estimate of drug-likeness (QED) is 0.731. The summed E-state index contributed by atoms with van der Waals surface area (Å²) in [6.07, 6.45) is 1.72. The molecule has 0 radical (unpaired) electrons. The lowest BCUT2D eigenvalue weighted by Gasteiger charge is -2.11. The van der Waals surface area contributed by atoms with Gasteiger partial charge in [0.15, 0.2) is 11.5 Å². The van der Waals surface area contributed by atoms with Crippen LogP contribution in [0.3, 0.4) is 0 Å². The molecule has 2 N–H and O–H groups in total. The van der Waals surface area contributed by atoms with E-state index in [2.05, 4.69) is 4.99 Å². The van der Waals surface area contributed by atoms with Gasteiger partial charge < -0.3 is 20.1 Å². The lowest BCUT2D eigenvalue weighted by molar-refractivity contribution is -0.114. The number of hydrogen-bond donors (Lipinski definition) is 1. The van der Waals surface area contributed by atoms with Crippen LogP contribution in [0.15, 0.2) is 28.9 Å². The number of hydrogen-bond acceptors (Lipinski definition) is 5. The maximum atomic E-state index is 11.6. The Morgan fingerprint density at radius 1 is 1.39 bits per heavy atom. The van der Waals surface area contributed by atoms with E-state index in [1.165, 1.54) is 0 Å². The Labute approximate surface area is 103 Å². The van der Waals surface area contributed by atoms with Crippen LogP contribution in [0.4, 0.5) is 0 Å². The van der Waals surface area contributed by atoms with Crippen molar-refractivity contribution < 1.29 is 14.3 Å². The molecule has 2 heterocycles. The first-order valence-electron chi connectivity index (χ1n) is 5.39. The Balaban J connectivity index is 1.95. The topological polar surface area (TPSA) is 77.2 Å². The summed E-state index contributed by atoms with van der Waals surface area (Å²) in [6.45, 7) is 0.226. The van der Waals surface area contributed by atoms with Gasteiger partial charge in [-0.15, -0.1) is 0 Å². The minimum absolute atomic E-state index is 0.201. The Kier molecular flexibility index (Phi) is 2.22. The second kappa shape index (κ2) is 3.76. The molecule has 0 atom stereocenters. The maximum absolute atomic E-state index is 11.6. The highest BCUT2D eigenvalue weighted by Gasteiger charge is 2.24. The highest BCUT2D eigenvalue weighted by atomic mass is 16.7. The second-order valence-corrected chi connectivity index (χ2v) is 3.98. The molecule has 1 amide bonds. The van der Waals surface area contributed by atoms with Crippen molar-refractivity contribution in [3.05, 3.63) is 29.5 Å². The van der Waals surface area contributed by atoms with Crippen LogP contribution in [-0.2, 0) is 4.79 Å². The number of guanidine groups is 1. The largest absolute Gasteiger partial charge is 0.454 e. The molecule has 0 saturated carbocycles. The van der Waals surface area contributed by atoms with Gasteiger partial charge in [0.1, 0.15) is 5.70 Å². The molecule has 0 saturated heterocycles. The van der Waals surface area contributed by atoms with E-state index in [9.17, 15) is 4.79 Å². The zero-order chi connectivity index (χ0) is 12.7. The number of benzene rings is 1. The summed E-state index contributed by atoms with van der Waals surface area (Å²) >= 11 is 0. The molecule has 0 aromatic heterocycles. The average molecular weight is 245 g/mol. The molecule has 1 aromatic carbocycles. The smallest absolute Gasteiger partial charge is 0.296 e. The molecule has 2 aliphatic rings. The summed E-state index contributed by atoms with van der Waals surface area (Å²) in [5.41, 5.74) is 6.84. The van der Waals surface area contributed by atoms with Crippen molar-refractivity contribution >= 4 is 17.9 Å². The van der Waals surface area contributed by atoms with Gasteiger partial charge in [0.05, 0.1) is 0 Å². The van der Waals surface area contributed by atoms with Crippen molar-refractivity contribution in [1.29, 1.82) is 0 Å². The minimum Gasteiger partial charge on any atom is -0.454 e. The summed E-state index contributed by atoms with van der Waals surface area (Å²) in [7, 11) is 1.70. The first kappa shape index (κ1) is 10.6. The van der Waals surface area contributed by atoms with Gasteiger partial charge in [-0.25, -0.2) is 0 Å². The van der Waals surface area contributed by atoms with Gasteiger partial charge in [-0.2, -0.15) is 4.99 Å². The van der Waals surface area contributed by atoms with E-state index in [1.807, 2.05) is 12.1 Å². The number of carbonyl (C=O) groups is 1. The van der Waals surface area contributed by atoms with Crippen LogP contribution < -0.4 is 15.2 Å². The van der Waals surface area contributed by atoms with Crippen molar-refractivity contribution in [2.45, 2.75) is 0 Å². The zero-order valence-corrected chi connectivity index (χ0v) is 9.71. The van der Waals surface area contributed by atoms with Crippen molar-refractivity contribution in [3.8, 4) is 11.5 Å². The molecule has 92 valence electrons. The van der Waals surface area contributed by atoms with Crippen LogP contribution in [0.1, 0.15) is 5.56 Å². The second-order valence-electron chi connectivity index (χ2n) is 3.98. The van der Waals surface area contributed by atoms with Gasteiger partial charge in [-0.05, 0) is 23.8 Å². The third-order valence-corrected chi connectivity index (χ3v) is 2.84. The minimum atomic E-state index is -0.340. The van der Waals surface area contributed by atoms with Gasteiger partial charge >= 0.3 is 0 Å². The van der Waals surface area contributed by atoms with Crippen molar-refractivity contribution in [1.82, 2.24) is 4.90 Å². The summed E-state index contributed by atoms with van der Waals surface area (Å²) < 4.78 is 10.5. The summed E-state index contributed by atoms with van der Waals surface area (Å²) in [6, 6.07) is 5.46. The molecular weight excluding hydrogens is 234 g/mol. The summed E-state index contributed by atoms with van der Waals surface area (Å²) in [4.78, 5) is 16.8. The lowest BCUT2D eigenvalue weighted by atomic mass is 10.1. The highest BCUT2D eigenvalue weighted by Crippen LogP contribution is 2.33. The number of nitrogens with zero attached hydrogens (tertiary/aromatic N) is 2. The molecule has 0 unspecified atom stereocenters. The fourth-order valence-electron chi connectivity index (χ4n) is 1.82. The molecule has 6 heteroatoms. The Hall–Kier alpha value is -2.50. The third kappa shape index (κ3) is 1.58. The number of ether oxygens (including phenoxy) is 2. The van der Waals surface area contributed by atoms with Crippen LogP contribution in [0.2, 0.25) is 0 Å². The first-order valence-corrected chi connectivity index (χ1v) is 5.39. The van der Waals surface area contributed by atoms with E-state index in [0.717, 1.165) is 5.56 Å². The molecule has 2 aliphatic heterocycles. The van der Waals surface area contributed by atoms with Crippen molar-refractivity contribution in [2.24, 2.45) is 10.7 Å². The summed E-state index contributed by atoms with van der Waals surface area (Å²) in [5, 5.41) is 0. The van der Waals surface area contributed by atoms with Crippen molar-refractivity contribution in [2.75, 3.05) is 13.8 Å². The molecule has 6 nitrogen and oxygen atoms in total. The van der Waals surface area contributed by atoms with Gasteiger partial charge in [0, 0.05) is 7.05 Å². The Morgan fingerprint density at radius 3 is 2.89 bits per heavy atom. The standard InChI is InChI=1S/C12H11N3O3/c1-15-8(11(16)14-12(15)13)4-7-2-3-9-10(5-7)18-6-17-9/h2-5H,6H2,1H3,(H2,13,14,16)/b8-4-. The van der Waals surface area contributed by atoms with Crippen molar-refractivity contribution in [3.63, 3.8) is 0 Å². The number of likely N-dealkylation sites (N-methyl/N-ethyl adjacent to an activating group) is 1. The number of carbonyl (C=O) groups excluding carboxylic acids is 1. The fraction of sp³-hybridized carbons (Fsp3) is 0.167. The van der Waals surface area contributed by atoms with Crippen LogP contribution in [-0.4, -0.2) is 30.6 Å². The molecule has 3 rings (SSSR count). The van der Waals surface area contributed by atoms with Crippen LogP contribution in [0.5, 0.6) is 11.5 Å². The van der Waals surface area contributed by atoms with Gasteiger partial charge in [-0.3, -0.25) is 4.79 Å². The molecule has 1 aromatic rings. The van der Waals surface area contributed by atoms with E-state index >= 15 is 0 Å². The fourth-order valence-corrected chi connectivity index (χ4v) is 1.82. The molecule has 0 spiro atoms. The van der Waals surface area contributed by atoms with E-state index in [4.69, 9.17) is 15.2 Å². The number of amides is 1. The molecule has 0 fully saturated rings. The predicted octanol–water partition coefficient (Wildman–Crippen LogP) is 0.543. The maximum Gasteiger partial charge on any atom is 0.296 e. The summed E-state index contributed by atoms with van der Waals surface area (Å²) in [5.74, 6) is 1.24. The SMILES string of the molecule is CN1C(N)=NC(=O)/C1=C/c1ccc2c(c1)OCO2. The molecule has 0 aliphatic carbocycles. The molecular formula is C12H11N3O3. The van der Waals surface area contributed by atoms with Crippen LogP contribution >= 0.6 is 0 Å². The predicted molar refractivity (Wildman–Crippen MR) is 64.9 cm³/mol. The molecule has 0 bridgehead atoms. The van der Waals surface area contributed by atoms with Gasteiger partial charge in [0.25, 0.3) is 5.91 Å². The normalized spacial score (nSPS) is 19.6. The number of aliphatic imine (C=N–C) groups is 1. The Bertz CT molecular complexity index is 592. The number of fused-ring (bicyclic) bond motifs is 1. The van der Waals surface area contributed by atoms with Gasteiger partial charge in [0.2, 0.25) is 12.8 Å². The van der Waals surface area contributed by atoms with E-state index < -0.39 is 0 Å². The zero-order valence-electron chi connectivity index (χ0n) is 9.71. The van der Waals surface area contributed by atoms with E-state index in [0.29, 0.717) is 17.2 Å². The lowest BCUT2D eigenvalue weighted by Crippen LogP contribution is -2.28. The van der Waals surface area contributed by atoms with Crippen LogP contribution in [0, 0.1) is 0 Å². The van der Waals surface area contributed by atoms with E-state index in [1.54, 1.807) is 24.1 Å². The molecule has 18 heavy (non-hydrogen) atoms. The van der Waals surface area contributed by atoms with Gasteiger partial charge in [-0.1, -0.05) is 6.07 Å². The van der Waals surface area contributed by atoms with Crippen LogP contribution in [0.25, 0.3) is 6.08 Å². The highest BCUT2D eigenvalue weighted by molar-refractivity contribution is 6.12. The average Bonchev–Trinajstić information content (AvgIpc) is 2.89. The number of rotatable bonds is 1. The third-order valence-electron chi connectivity index (χ3n) is 2.84. The first-order chi connectivity index (χ1) is 8.65.